The molecule has 2 aromatic heterocycles. The predicted octanol–water partition coefficient (Wildman–Crippen LogP) is 3.83. The van der Waals surface area contributed by atoms with E-state index in [1.807, 2.05) is 17.2 Å². The van der Waals surface area contributed by atoms with Crippen molar-refractivity contribution >= 4 is 32.8 Å². The molecule has 0 spiro atoms. The van der Waals surface area contributed by atoms with Crippen molar-refractivity contribution in [2.45, 2.75) is 0 Å². The highest BCUT2D eigenvalue weighted by Crippen LogP contribution is 2.31. The molecule has 1 saturated heterocycles. The number of rotatable bonds is 4. The molecule has 0 unspecified atom stereocenters. The highest BCUT2D eigenvalue weighted by atomic mass is 32.1. The number of hydrogen-bond donors (Lipinski definition) is 0. The lowest BCUT2D eigenvalue weighted by Crippen LogP contribution is -2.46. The fourth-order valence-corrected chi connectivity index (χ4v) is 4.54. The molecule has 8 nitrogen and oxygen atoms in total. The maximum Gasteiger partial charge on any atom is 0.292 e. The minimum absolute atomic E-state index is 0.131. The molecule has 1 fully saturated rings. The monoisotopic (exact) mass is 424 g/mol. The van der Waals surface area contributed by atoms with Crippen LogP contribution in [-0.4, -0.2) is 45.7 Å². The molecule has 1 aliphatic rings. The van der Waals surface area contributed by atoms with Gasteiger partial charge in [0.05, 0.1) is 16.8 Å². The van der Waals surface area contributed by atoms with Crippen molar-refractivity contribution < 1.29 is 9.31 Å². The minimum Gasteiger partial charge on any atom is -0.362 e. The average molecular weight is 424 g/mol. The Morgan fingerprint density at radius 2 is 1.70 bits per heavy atom. The maximum absolute atomic E-state index is 13.1. The van der Waals surface area contributed by atoms with E-state index in [2.05, 4.69) is 15.0 Å². The number of aromatic nitrogens is 3. The molecule has 0 bridgehead atoms. The van der Waals surface area contributed by atoms with E-state index >= 15 is 0 Å². The molecule has 2 aromatic carbocycles. The zero-order chi connectivity index (χ0) is 20.7. The SMILES string of the molecule is O=[N+]([O-])c1ccccc1N1CCN(c2nn3cc(-c4ccc(F)cc4)nc3s2)CC1. The Kier molecular flexibility index (Phi) is 4.55. The number of nitrogens with zero attached hydrogens (tertiary/aromatic N) is 6. The first kappa shape index (κ1) is 18.5. The Balaban J connectivity index is 1.31. The number of piperazine rings is 1. The lowest BCUT2D eigenvalue weighted by Gasteiger charge is -2.35. The average Bonchev–Trinajstić information content (AvgIpc) is 3.34. The van der Waals surface area contributed by atoms with E-state index in [9.17, 15) is 14.5 Å². The van der Waals surface area contributed by atoms with Crippen molar-refractivity contribution in [3.63, 3.8) is 0 Å². The van der Waals surface area contributed by atoms with Crippen LogP contribution in [0.2, 0.25) is 0 Å². The molecule has 1 aliphatic heterocycles. The van der Waals surface area contributed by atoms with E-state index in [1.165, 1.54) is 29.5 Å². The summed E-state index contributed by atoms with van der Waals surface area (Å²) in [6.45, 7) is 2.78. The summed E-state index contributed by atoms with van der Waals surface area (Å²) in [5.41, 5.74) is 2.38. The van der Waals surface area contributed by atoms with Crippen LogP contribution >= 0.6 is 11.3 Å². The molecule has 0 N–H and O–H groups in total. The summed E-state index contributed by atoms with van der Waals surface area (Å²) in [4.78, 5) is 20.5. The summed E-state index contributed by atoms with van der Waals surface area (Å²) in [7, 11) is 0. The highest BCUT2D eigenvalue weighted by molar-refractivity contribution is 7.20. The van der Waals surface area contributed by atoms with Crippen molar-refractivity contribution in [1.29, 1.82) is 0 Å². The number of anilines is 2. The third-order valence-electron chi connectivity index (χ3n) is 5.14. The maximum atomic E-state index is 13.1. The first-order chi connectivity index (χ1) is 14.6. The molecule has 0 saturated carbocycles. The molecule has 0 atom stereocenters. The second-order valence-electron chi connectivity index (χ2n) is 6.96. The fourth-order valence-electron chi connectivity index (χ4n) is 3.60. The predicted molar refractivity (Wildman–Crippen MR) is 114 cm³/mol. The third-order valence-corrected chi connectivity index (χ3v) is 6.13. The van der Waals surface area contributed by atoms with Crippen LogP contribution in [0.5, 0.6) is 0 Å². The van der Waals surface area contributed by atoms with Crippen LogP contribution in [0.15, 0.2) is 54.7 Å². The molecule has 152 valence electrons. The van der Waals surface area contributed by atoms with Gasteiger partial charge in [-0.05, 0) is 30.3 Å². The van der Waals surface area contributed by atoms with Gasteiger partial charge in [-0.1, -0.05) is 23.5 Å². The quantitative estimate of drug-likeness (QED) is 0.366. The van der Waals surface area contributed by atoms with Crippen molar-refractivity contribution in [3.05, 3.63) is 70.7 Å². The van der Waals surface area contributed by atoms with Crippen molar-refractivity contribution in [2.24, 2.45) is 0 Å². The molecule has 0 radical (unpaired) electrons. The van der Waals surface area contributed by atoms with E-state index in [0.29, 0.717) is 31.9 Å². The lowest BCUT2D eigenvalue weighted by atomic mass is 10.2. The topological polar surface area (TPSA) is 79.8 Å². The van der Waals surface area contributed by atoms with Gasteiger partial charge in [-0.25, -0.2) is 13.9 Å². The lowest BCUT2D eigenvalue weighted by molar-refractivity contribution is -0.384. The van der Waals surface area contributed by atoms with Crippen molar-refractivity contribution in [2.75, 3.05) is 36.0 Å². The summed E-state index contributed by atoms with van der Waals surface area (Å²) in [6.07, 6.45) is 1.84. The van der Waals surface area contributed by atoms with E-state index in [4.69, 9.17) is 0 Å². The van der Waals surface area contributed by atoms with Crippen LogP contribution in [-0.2, 0) is 0 Å². The van der Waals surface area contributed by atoms with Crippen LogP contribution in [0.3, 0.4) is 0 Å². The van der Waals surface area contributed by atoms with Crippen molar-refractivity contribution in [1.82, 2.24) is 14.6 Å². The van der Waals surface area contributed by atoms with E-state index < -0.39 is 0 Å². The van der Waals surface area contributed by atoms with E-state index in [1.54, 1.807) is 28.8 Å². The summed E-state index contributed by atoms with van der Waals surface area (Å²) in [6, 6.07) is 13.1. The number of hydrogen-bond acceptors (Lipinski definition) is 7. The van der Waals surface area contributed by atoms with Crippen molar-refractivity contribution in [3.8, 4) is 11.3 Å². The van der Waals surface area contributed by atoms with Crippen LogP contribution in [0, 0.1) is 15.9 Å². The Hall–Kier alpha value is -3.53. The van der Waals surface area contributed by atoms with Gasteiger partial charge < -0.3 is 9.80 Å². The third kappa shape index (κ3) is 3.35. The fraction of sp³-hybridized carbons (Fsp3) is 0.200. The van der Waals surface area contributed by atoms with Gasteiger partial charge in [0.25, 0.3) is 5.69 Å². The summed E-state index contributed by atoms with van der Waals surface area (Å²) in [5, 5.41) is 16.8. The number of fused-ring (bicyclic) bond motifs is 1. The minimum atomic E-state index is -0.337. The summed E-state index contributed by atoms with van der Waals surface area (Å²) in [5.74, 6) is -0.278. The Labute approximate surface area is 175 Å². The van der Waals surface area contributed by atoms with E-state index in [-0.39, 0.29) is 16.4 Å². The zero-order valence-electron chi connectivity index (χ0n) is 15.8. The standard InChI is InChI=1S/C20H17FN6O2S/c21-15-7-5-14(6-8-15)16-13-26-19(22-16)30-20(23-26)25-11-9-24(10-12-25)17-3-1-2-4-18(17)27(28)29/h1-8,13H,9-12H2. The number of halogens is 1. The molecule has 0 amide bonds. The number of benzene rings is 2. The Morgan fingerprint density at radius 3 is 2.40 bits per heavy atom. The molecule has 4 aromatic rings. The van der Waals surface area contributed by atoms with Gasteiger partial charge in [0.1, 0.15) is 11.5 Å². The van der Waals surface area contributed by atoms with Gasteiger partial charge in [0, 0.05) is 37.8 Å². The van der Waals surface area contributed by atoms with Crippen LogP contribution in [0.25, 0.3) is 16.2 Å². The largest absolute Gasteiger partial charge is 0.362 e. The molecule has 10 heteroatoms. The van der Waals surface area contributed by atoms with Gasteiger partial charge in [0.2, 0.25) is 10.1 Å². The summed E-state index contributed by atoms with van der Waals surface area (Å²) >= 11 is 1.49. The first-order valence-electron chi connectivity index (χ1n) is 9.44. The van der Waals surface area contributed by atoms with Gasteiger partial charge in [-0.15, -0.1) is 5.10 Å². The van der Waals surface area contributed by atoms with Gasteiger partial charge in [0.15, 0.2) is 0 Å². The molecule has 0 aliphatic carbocycles. The number of nitro groups is 1. The smallest absolute Gasteiger partial charge is 0.292 e. The second kappa shape index (κ2) is 7.38. The van der Waals surface area contributed by atoms with Gasteiger partial charge >= 0.3 is 0 Å². The Bertz CT molecular complexity index is 1180. The van der Waals surface area contributed by atoms with Crippen LogP contribution in [0.1, 0.15) is 0 Å². The number of imidazole rings is 1. The van der Waals surface area contributed by atoms with Gasteiger partial charge in [-0.2, -0.15) is 0 Å². The second-order valence-corrected chi connectivity index (χ2v) is 7.90. The molecule has 3 heterocycles. The number of nitro benzene ring substituents is 1. The Morgan fingerprint density at radius 1 is 1.00 bits per heavy atom. The number of para-hydroxylation sites is 2. The zero-order valence-corrected chi connectivity index (χ0v) is 16.6. The molecular formula is C20H17FN6O2S. The molecule has 5 rings (SSSR count). The van der Waals surface area contributed by atoms with Crippen LogP contribution in [0.4, 0.5) is 20.9 Å². The summed E-state index contributed by atoms with van der Waals surface area (Å²) < 4.78 is 14.9. The molecule has 30 heavy (non-hydrogen) atoms. The highest BCUT2D eigenvalue weighted by Gasteiger charge is 2.25. The first-order valence-corrected chi connectivity index (χ1v) is 10.3. The normalized spacial score (nSPS) is 14.4. The van der Waals surface area contributed by atoms with Gasteiger partial charge in [-0.3, -0.25) is 10.1 Å². The van der Waals surface area contributed by atoms with Crippen LogP contribution < -0.4 is 9.80 Å². The van der Waals surface area contributed by atoms with E-state index in [0.717, 1.165) is 21.3 Å². The molecular weight excluding hydrogens is 407 g/mol.